The summed E-state index contributed by atoms with van der Waals surface area (Å²) >= 11 is 5.92. The monoisotopic (exact) mass is 300 g/mol. The number of carboxylic acid groups (broad SMARTS) is 1. The van der Waals surface area contributed by atoms with Gasteiger partial charge < -0.3 is 9.52 Å². The summed E-state index contributed by atoms with van der Waals surface area (Å²) in [6, 6.07) is 12.8. The summed E-state index contributed by atoms with van der Waals surface area (Å²) in [7, 11) is 0. The van der Waals surface area contributed by atoms with Gasteiger partial charge in [-0.2, -0.15) is 0 Å². The lowest BCUT2D eigenvalue weighted by Gasteiger charge is -2.06. The molecule has 0 aliphatic carbocycles. The molecule has 4 nitrogen and oxygen atoms in total. The van der Waals surface area contributed by atoms with E-state index in [1.807, 2.05) is 0 Å². The topological polar surface area (TPSA) is 67.5 Å². The van der Waals surface area contributed by atoms with Crippen LogP contribution >= 0.6 is 11.6 Å². The van der Waals surface area contributed by atoms with Gasteiger partial charge in [0, 0.05) is 16.0 Å². The molecule has 0 fully saturated rings. The highest BCUT2D eigenvalue weighted by Gasteiger charge is 2.15. The van der Waals surface area contributed by atoms with E-state index in [4.69, 9.17) is 16.0 Å². The van der Waals surface area contributed by atoms with E-state index in [9.17, 15) is 14.7 Å². The number of rotatable bonds is 2. The Balaban J connectivity index is 2.33. The zero-order valence-corrected chi connectivity index (χ0v) is 11.4. The second kappa shape index (κ2) is 5.07. The van der Waals surface area contributed by atoms with E-state index in [1.165, 1.54) is 6.07 Å². The number of hydrogen-bond acceptors (Lipinski definition) is 3. The van der Waals surface area contributed by atoms with Crippen LogP contribution in [-0.2, 0) is 0 Å². The SMILES string of the molecule is O=C(O)c1ccccc1-c1cc2cc(Cl)ccc2oc1=O. The summed E-state index contributed by atoms with van der Waals surface area (Å²) in [5, 5.41) is 10.4. The molecule has 5 heteroatoms. The highest BCUT2D eigenvalue weighted by molar-refractivity contribution is 6.31. The lowest BCUT2D eigenvalue weighted by Crippen LogP contribution is -2.07. The zero-order chi connectivity index (χ0) is 15.0. The third-order valence-electron chi connectivity index (χ3n) is 3.14. The molecule has 1 heterocycles. The Morgan fingerprint density at radius 1 is 1.05 bits per heavy atom. The van der Waals surface area contributed by atoms with Gasteiger partial charge in [-0.15, -0.1) is 0 Å². The first kappa shape index (κ1) is 13.4. The number of fused-ring (bicyclic) bond motifs is 1. The predicted octanol–water partition coefficient (Wildman–Crippen LogP) is 3.81. The number of carbonyl (C=O) groups is 1. The molecule has 0 saturated carbocycles. The van der Waals surface area contributed by atoms with Gasteiger partial charge in [0.1, 0.15) is 5.58 Å². The fraction of sp³-hybridized carbons (Fsp3) is 0. The van der Waals surface area contributed by atoms with Crippen LogP contribution in [0.2, 0.25) is 5.02 Å². The van der Waals surface area contributed by atoms with Crippen molar-refractivity contribution in [2.75, 3.05) is 0 Å². The molecule has 0 atom stereocenters. The maximum Gasteiger partial charge on any atom is 0.344 e. The molecular weight excluding hydrogens is 292 g/mol. The van der Waals surface area contributed by atoms with E-state index >= 15 is 0 Å². The first-order valence-electron chi connectivity index (χ1n) is 6.12. The van der Waals surface area contributed by atoms with Gasteiger partial charge in [0.15, 0.2) is 0 Å². The highest BCUT2D eigenvalue weighted by atomic mass is 35.5. The van der Waals surface area contributed by atoms with Gasteiger partial charge in [-0.1, -0.05) is 29.8 Å². The average molecular weight is 301 g/mol. The van der Waals surface area contributed by atoms with Gasteiger partial charge >= 0.3 is 11.6 Å². The quantitative estimate of drug-likeness (QED) is 0.731. The van der Waals surface area contributed by atoms with Crippen LogP contribution in [0.3, 0.4) is 0 Å². The second-order valence-electron chi connectivity index (χ2n) is 4.48. The minimum absolute atomic E-state index is 0.0474. The molecule has 0 amide bonds. The first-order valence-corrected chi connectivity index (χ1v) is 6.50. The molecule has 0 radical (unpaired) electrons. The summed E-state index contributed by atoms with van der Waals surface area (Å²) in [6.07, 6.45) is 0. The average Bonchev–Trinajstić information content (AvgIpc) is 2.47. The van der Waals surface area contributed by atoms with Gasteiger partial charge in [0.2, 0.25) is 0 Å². The Morgan fingerprint density at radius 2 is 1.81 bits per heavy atom. The van der Waals surface area contributed by atoms with Crippen LogP contribution in [0.1, 0.15) is 10.4 Å². The lowest BCUT2D eigenvalue weighted by atomic mass is 10.0. The van der Waals surface area contributed by atoms with Crippen LogP contribution in [0.25, 0.3) is 22.1 Å². The molecular formula is C16H9ClO4. The van der Waals surface area contributed by atoms with Gasteiger partial charge in [0.05, 0.1) is 11.1 Å². The maximum absolute atomic E-state index is 12.1. The minimum atomic E-state index is -1.10. The van der Waals surface area contributed by atoms with Gasteiger partial charge in [-0.3, -0.25) is 0 Å². The molecule has 0 aliphatic rings. The lowest BCUT2D eigenvalue weighted by molar-refractivity contribution is 0.0697. The summed E-state index contributed by atoms with van der Waals surface area (Å²) < 4.78 is 5.23. The molecule has 0 spiro atoms. The number of aromatic carboxylic acids is 1. The van der Waals surface area contributed by atoms with Crippen molar-refractivity contribution in [1.82, 2.24) is 0 Å². The van der Waals surface area contributed by atoms with Crippen molar-refractivity contribution >= 4 is 28.5 Å². The Morgan fingerprint density at radius 3 is 2.57 bits per heavy atom. The number of carboxylic acids is 1. The highest BCUT2D eigenvalue weighted by Crippen LogP contribution is 2.25. The first-order chi connectivity index (χ1) is 10.1. The Hall–Kier alpha value is -2.59. The smallest absolute Gasteiger partial charge is 0.344 e. The van der Waals surface area contributed by atoms with Crippen LogP contribution in [0, 0.1) is 0 Å². The Labute approximate surface area is 124 Å². The van der Waals surface area contributed by atoms with Gasteiger partial charge in [-0.05, 0) is 30.3 Å². The van der Waals surface area contributed by atoms with E-state index in [0.717, 1.165) is 0 Å². The van der Waals surface area contributed by atoms with Crippen molar-refractivity contribution < 1.29 is 14.3 Å². The Kier molecular flexibility index (Phi) is 3.23. The number of benzene rings is 2. The molecule has 3 aromatic rings. The van der Waals surface area contributed by atoms with Crippen molar-refractivity contribution in [2.45, 2.75) is 0 Å². The molecule has 0 bridgehead atoms. The summed E-state index contributed by atoms with van der Waals surface area (Å²) in [6.45, 7) is 0. The van der Waals surface area contributed by atoms with E-state index in [1.54, 1.807) is 42.5 Å². The molecule has 2 aromatic carbocycles. The molecule has 3 rings (SSSR count). The molecule has 0 saturated heterocycles. The van der Waals surface area contributed by atoms with Crippen LogP contribution in [0.4, 0.5) is 0 Å². The van der Waals surface area contributed by atoms with Crippen molar-refractivity contribution in [3.05, 3.63) is 69.5 Å². The molecule has 0 unspecified atom stereocenters. The maximum atomic E-state index is 12.1. The van der Waals surface area contributed by atoms with Gasteiger partial charge in [-0.25, -0.2) is 9.59 Å². The number of halogens is 1. The van der Waals surface area contributed by atoms with Crippen molar-refractivity contribution in [3.8, 4) is 11.1 Å². The number of hydrogen-bond donors (Lipinski definition) is 1. The van der Waals surface area contributed by atoms with E-state index in [2.05, 4.69) is 0 Å². The van der Waals surface area contributed by atoms with Crippen molar-refractivity contribution in [3.63, 3.8) is 0 Å². The van der Waals surface area contributed by atoms with E-state index < -0.39 is 11.6 Å². The second-order valence-corrected chi connectivity index (χ2v) is 4.92. The third-order valence-corrected chi connectivity index (χ3v) is 3.38. The summed E-state index contributed by atoms with van der Waals surface area (Å²) in [5.41, 5.74) is 0.383. The predicted molar refractivity (Wildman–Crippen MR) is 79.9 cm³/mol. The normalized spacial score (nSPS) is 10.7. The van der Waals surface area contributed by atoms with Crippen LogP contribution in [-0.4, -0.2) is 11.1 Å². The van der Waals surface area contributed by atoms with Crippen molar-refractivity contribution in [1.29, 1.82) is 0 Å². The third kappa shape index (κ3) is 2.41. The fourth-order valence-corrected chi connectivity index (χ4v) is 2.37. The molecule has 1 N–H and O–H groups in total. The summed E-state index contributed by atoms with van der Waals surface area (Å²) in [5.74, 6) is -1.10. The van der Waals surface area contributed by atoms with Crippen LogP contribution in [0.5, 0.6) is 0 Å². The van der Waals surface area contributed by atoms with E-state index in [0.29, 0.717) is 21.6 Å². The minimum Gasteiger partial charge on any atom is -0.478 e. The van der Waals surface area contributed by atoms with Crippen LogP contribution < -0.4 is 5.63 Å². The molecule has 0 aliphatic heterocycles. The van der Waals surface area contributed by atoms with Crippen molar-refractivity contribution in [2.24, 2.45) is 0 Å². The summed E-state index contributed by atoms with van der Waals surface area (Å²) in [4.78, 5) is 23.4. The molecule has 21 heavy (non-hydrogen) atoms. The van der Waals surface area contributed by atoms with Crippen LogP contribution in [0.15, 0.2) is 57.7 Å². The Bertz CT molecular complexity index is 912. The van der Waals surface area contributed by atoms with E-state index in [-0.39, 0.29) is 11.1 Å². The largest absolute Gasteiger partial charge is 0.478 e. The zero-order valence-electron chi connectivity index (χ0n) is 10.7. The standard InChI is InChI=1S/C16H9ClO4/c17-10-5-6-14-9(7-10)8-13(16(20)21-14)11-3-1-2-4-12(11)15(18)19/h1-8H,(H,18,19). The fourth-order valence-electron chi connectivity index (χ4n) is 2.19. The van der Waals surface area contributed by atoms with Gasteiger partial charge in [0.25, 0.3) is 0 Å². The molecule has 1 aromatic heterocycles. The molecule has 104 valence electrons.